The van der Waals surface area contributed by atoms with Gasteiger partial charge in [-0.3, -0.25) is 14.7 Å². The summed E-state index contributed by atoms with van der Waals surface area (Å²) in [5.74, 6) is 0.918. The Balaban J connectivity index is 1.87. The van der Waals surface area contributed by atoms with Crippen LogP contribution in [0.4, 0.5) is 0 Å². The van der Waals surface area contributed by atoms with Crippen LogP contribution in [0, 0.1) is 5.41 Å². The van der Waals surface area contributed by atoms with Gasteiger partial charge in [0.2, 0.25) is 5.91 Å². The maximum Gasteiger partial charge on any atom is 0.227 e. The number of carbonyl (C=O) groups is 1. The summed E-state index contributed by atoms with van der Waals surface area (Å²) in [7, 11) is 1.67. The van der Waals surface area contributed by atoms with Crippen LogP contribution in [0.2, 0.25) is 0 Å². The summed E-state index contributed by atoms with van der Waals surface area (Å²) in [5, 5.41) is 6.10. The van der Waals surface area contributed by atoms with Crippen molar-refractivity contribution in [2.24, 2.45) is 10.4 Å². The number of amides is 1. The largest absolute Gasteiger partial charge is 0.359 e. The molecule has 0 atom stereocenters. The predicted molar refractivity (Wildman–Crippen MR) is 117 cm³/mol. The third kappa shape index (κ3) is 6.68. The number of hydrogen-bond acceptors (Lipinski definition) is 3. The van der Waals surface area contributed by atoms with Gasteiger partial charge in [0.05, 0.1) is 12.0 Å². The summed E-state index contributed by atoms with van der Waals surface area (Å²) in [6, 6.07) is 10.4. The van der Waals surface area contributed by atoms with E-state index in [0.29, 0.717) is 6.54 Å². The van der Waals surface area contributed by atoms with Gasteiger partial charge in [0, 0.05) is 46.3 Å². The molecule has 1 aliphatic rings. The van der Waals surface area contributed by atoms with Gasteiger partial charge in [0.25, 0.3) is 0 Å². The molecular formula is C22H35N5O. The number of rotatable bonds is 7. The van der Waals surface area contributed by atoms with Crippen molar-refractivity contribution in [2.45, 2.75) is 20.8 Å². The number of guanidine groups is 1. The molecule has 0 bridgehead atoms. The van der Waals surface area contributed by atoms with Crippen LogP contribution >= 0.6 is 0 Å². The first-order chi connectivity index (χ1) is 13.5. The summed E-state index contributed by atoms with van der Waals surface area (Å²) in [4.78, 5) is 21.5. The Morgan fingerprint density at radius 3 is 2.46 bits per heavy atom. The lowest BCUT2D eigenvalue weighted by atomic mass is 9.93. The molecule has 154 valence electrons. The molecule has 0 aromatic heterocycles. The molecule has 1 saturated heterocycles. The molecule has 0 unspecified atom stereocenters. The molecule has 2 rings (SSSR count). The molecular weight excluding hydrogens is 350 g/mol. The van der Waals surface area contributed by atoms with Crippen molar-refractivity contribution in [2.75, 3.05) is 52.9 Å². The van der Waals surface area contributed by atoms with Gasteiger partial charge >= 0.3 is 0 Å². The third-order valence-corrected chi connectivity index (χ3v) is 4.95. The number of piperazine rings is 1. The summed E-state index contributed by atoms with van der Waals surface area (Å²) in [5.41, 5.74) is 0.723. The molecule has 0 saturated carbocycles. The highest BCUT2D eigenvalue weighted by Gasteiger charge is 2.27. The Kier molecular flexibility index (Phi) is 8.51. The maximum atomic E-state index is 12.0. The molecule has 0 spiro atoms. The number of nitrogens with zero attached hydrogens (tertiary/aromatic N) is 3. The van der Waals surface area contributed by atoms with Gasteiger partial charge in [0.1, 0.15) is 0 Å². The fourth-order valence-corrected chi connectivity index (χ4v) is 3.15. The molecule has 1 aromatic carbocycles. The zero-order chi connectivity index (χ0) is 20.4. The average Bonchev–Trinajstić information content (AvgIpc) is 2.72. The number of aliphatic imine (C=N–C) groups is 1. The average molecular weight is 386 g/mol. The van der Waals surface area contributed by atoms with Crippen LogP contribution < -0.4 is 10.6 Å². The van der Waals surface area contributed by atoms with Crippen LogP contribution in [0.25, 0.3) is 6.08 Å². The molecule has 2 N–H and O–H groups in total. The smallest absolute Gasteiger partial charge is 0.227 e. The van der Waals surface area contributed by atoms with Crippen LogP contribution in [0.3, 0.4) is 0 Å². The third-order valence-electron chi connectivity index (χ3n) is 4.95. The zero-order valence-electron chi connectivity index (χ0n) is 17.7. The normalized spacial score (nSPS) is 16.4. The maximum absolute atomic E-state index is 12.0. The van der Waals surface area contributed by atoms with Gasteiger partial charge in [-0.15, -0.1) is 0 Å². The molecule has 0 radical (unpaired) electrons. The Bertz CT molecular complexity index is 661. The number of nitrogens with one attached hydrogen (secondary N) is 2. The van der Waals surface area contributed by atoms with E-state index in [4.69, 9.17) is 4.99 Å². The first-order valence-corrected chi connectivity index (χ1v) is 10.2. The standard InChI is InChI=1S/C22H35N5O/c1-5-24-21(25-18-22(2,3)20(28)23-4)27-16-14-26(15-17-27)13-9-12-19-10-7-6-8-11-19/h6-12H,5,13-18H2,1-4H3,(H,23,28)(H,24,25)/b12-9+. The lowest BCUT2D eigenvalue weighted by Crippen LogP contribution is -2.52. The monoisotopic (exact) mass is 385 g/mol. The van der Waals surface area contributed by atoms with Gasteiger partial charge in [-0.2, -0.15) is 0 Å². The quantitative estimate of drug-likeness (QED) is 0.557. The minimum Gasteiger partial charge on any atom is -0.359 e. The van der Waals surface area contributed by atoms with E-state index in [9.17, 15) is 4.79 Å². The Hall–Kier alpha value is -2.34. The van der Waals surface area contributed by atoms with E-state index < -0.39 is 5.41 Å². The predicted octanol–water partition coefficient (Wildman–Crippen LogP) is 2.06. The summed E-state index contributed by atoms with van der Waals surface area (Å²) in [6.07, 6.45) is 4.41. The van der Waals surface area contributed by atoms with Crippen LogP contribution in [0.5, 0.6) is 0 Å². The Morgan fingerprint density at radius 2 is 1.86 bits per heavy atom. The highest BCUT2D eigenvalue weighted by molar-refractivity contribution is 5.83. The number of carbonyl (C=O) groups excluding carboxylic acids is 1. The lowest BCUT2D eigenvalue weighted by molar-refractivity contribution is -0.128. The SMILES string of the molecule is CCNC(=NCC(C)(C)C(=O)NC)N1CCN(C/C=C/c2ccccc2)CC1. The van der Waals surface area contributed by atoms with E-state index >= 15 is 0 Å². The van der Waals surface area contributed by atoms with E-state index in [0.717, 1.165) is 45.2 Å². The Labute approximate surface area is 169 Å². The zero-order valence-corrected chi connectivity index (χ0v) is 17.7. The van der Waals surface area contributed by atoms with Crippen LogP contribution in [-0.2, 0) is 4.79 Å². The first kappa shape index (κ1) is 22.0. The van der Waals surface area contributed by atoms with Crippen molar-refractivity contribution < 1.29 is 4.79 Å². The summed E-state index contributed by atoms with van der Waals surface area (Å²) in [6.45, 7) is 12.0. The van der Waals surface area contributed by atoms with Crippen molar-refractivity contribution in [3.63, 3.8) is 0 Å². The molecule has 1 heterocycles. The fraction of sp³-hybridized carbons (Fsp3) is 0.545. The van der Waals surface area contributed by atoms with E-state index in [1.807, 2.05) is 19.9 Å². The topological polar surface area (TPSA) is 60.0 Å². The van der Waals surface area contributed by atoms with E-state index in [1.165, 1.54) is 5.56 Å². The van der Waals surface area contributed by atoms with Crippen molar-refractivity contribution in [1.82, 2.24) is 20.4 Å². The fourth-order valence-electron chi connectivity index (χ4n) is 3.15. The van der Waals surface area contributed by atoms with Gasteiger partial charge in [0.15, 0.2) is 5.96 Å². The van der Waals surface area contributed by atoms with Crippen LogP contribution in [0.15, 0.2) is 41.4 Å². The van der Waals surface area contributed by atoms with Gasteiger partial charge in [-0.05, 0) is 26.3 Å². The second kappa shape index (κ2) is 10.9. The molecule has 1 amide bonds. The number of benzene rings is 1. The molecule has 6 nitrogen and oxygen atoms in total. The highest BCUT2D eigenvalue weighted by Crippen LogP contribution is 2.16. The molecule has 1 fully saturated rings. The van der Waals surface area contributed by atoms with E-state index in [1.54, 1.807) is 7.05 Å². The minimum absolute atomic E-state index is 0.0159. The molecule has 0 aliphatic carbocycles. The highest BCUT2D eigenvalue weighted by atomic mass is 16.2. The van der Waals surface area contributed by atoms with Gasteiger partial charge < -0.3 is 15.5 Å². The molecule has 1 aromatic rings. The first-order valence-electron chi connectivity index (χ1n) is 10.2. The lowest BCUT2D eigenvalue weighted by Gasteiger charge is -2.36. The number of hydrogen-bond donors (Lipinski definition) is 2. The molecule has 28 heavy (non-hydrogen) atoms. The second-order valence-electron chi connectivity index (χ2n) is 7.73. The van der Waals surface area contributed by atoms with Gasteiger partial charge in [-0.25, -0.2) is 0 Å². The van der Waals surface area contributed by atoms with Crippen molar-refractivity contribution in [3.8, 4) is 0 Å². The summed E-state index contributed by atoms with van der Waals surface area (Å²) < 4.78 is 0. The van der Waals surface area contributed by atoms with Crippen LogP contribution in [0.1, 0.15) is 26.3 Å². The summed E-state index contributed by atoms with van der Waals surface area (Å²) >= 11 is 0. The van der Waals surface area contributed by atoms with Crippen LogP contribution in [-0.4, -0.2) is 74.5 Å². The van der Waals surface area contributed by atoms with Crippen molar-refractivity contribution >= 4 is 17.9 Å². The van der Waals surface area contributed by atoms with Gasteiger partial charge in [-0.1, -0.05) is 42.5 Å². The second-order valence-corrected chi connectivity index (χ2v) is 7.73. The molecule has 1 aliphatic heterocycles. The minimum atomic E-state index is -0.514. The van der Waals surface area contributed by atoms with Crippen molar-refractivity contribution in [3.05, 3.63) is 42.0 Å². The Morgan fingerprint density at radius 1 is 1.18 bits per heavy atom. The van der Waals surface area contributed by atoms with E-state index in [2.05, 4.69) is 63.8 Å². The molecule has 6 heteroatoms. The van der Waals surface area contributed by atoms with Crippen molar-refractivity contribution in [1.29, 1.82) is 0 Å². The van der Waals surface area contributed by atoms with E-state index in [-0.39, 0.29) is 5.91 Å².